The van der Waals surface area contributed by atoms with E-state index in [0.717, 1.165) is 29.8 Å². The van der Waals surface area contributed by atoms with Gasteiger partial charge in [0.05, 0.1) is 26.5 Å². The minimum absolute atomic E-state index is 0.107. The first kappa shape index (κ1) is 23.9. The number of nitrogens with one attached hydrogen (secondary N) is 3. The number of methoxy groups -OCH3 is 2. The second kappa shape index (κ2) is 11.8. The van der Waals surface area contributed by atoms with E-state index in [1.807, 2.05) is 30.3 Å². The van der Waals surface area contributed by atoms with Crippen molar-refractivity contribution in [3.8, 4) is 34.3 Å². The van der Waals surface area contributed by atoms with E-state index in [0.29, 0.717) is 42.5 Å². The average molecular weight is 455 g/mol. The fraction of sp³-hybridized carbons (Fsp3) is 0.333. The molecule has 9 heteroatoms. The summed E-state index contributed by atoms with van der Waals surface area (Å²) in [6.07, 6.45) is 3.12. The Bertz CT molecular complexity index is 1050. The van der Waals surface area contributed by atoms with Crippen LogP contribution in [0.4, 0.5) is 5.69 Å². The molecule has 0 atom stereocenters. The number of phenols is 1. The van der Waals surface area contributed by atoms with Gasteiger partial charge < -0.3 is 30.0 Å². The quantitative estimate of drug-likeness (QED) is 0.310. The predicted molar refractivity (Wildman–Crippen MR) is 126 cm³/mol. The van der Waals surface area contributed by atoms with Crippen LogP contribution in [0.3, 0.4) is 0 Å². The van der Waals surface area contributed by atoms with Crippen molar-refractivity contribution in [2.24, 2.45) is 0 Å². The molecule has 0 aliphatic heterocycles. The Morgan fingerprint density at radius 1 is 1.09 bits per heavy atom. The van der Waals surface area contributed by atoms with Crippen LogP contribution in [0.5, 0.6) is 23.0 Å². The molecule has 0 radical (unpaired) electrons. The molecule has 1 amide bonds. The zero-order chi connectivity index (χ0) is 23.6. The number of carbonyl (C=O) groups is 1. The van der Waals surface area contributed by atoms with Crippen molar-refractivity contribution in [1.29, 1.82) is 0 Å². The van der Waals surface area contributed by atoms with Crippen LogP contribution in [0.1, 0.15) is 18.9 Å². The Kier molecular flexibility index (Phi) is 8.54. The largest absolute Gasteiger partial charge is 0.504 e. The zero-order valence-corrected chi connectivity index (χ0v) is 19.1. The predicted octanol–water partition coefficient (Wildman–Crippen LogP) is 3.36. The van der Waals surface area contributed by atoms with Gasteiger partial charge in [0, 0.05) is 24.4 Å². The molecular weight excluding hydrogens is 424 g/mol. The van der Waals surface area contributed by atoms with E-state index in [4.69, 9.17) is 14.2 Å². The molecule has 3 aromatic rings. The molecule has 1 heterocycles. The normalized spacial score (nSPS) is 10.6. The zero-order valence-electron chi connectivity index (χ0n) is 19.1. The number of hydrogen-bond donors (Lipinski definition) is 4. The van der Waals surface area contributed by atoms with Gasteiger partial charge in [-0.1, -0.05) is 6.07 Å². The number of hydrogen-bond acceptors (Lipinski definition) is 7. The number of benzene rings is 2. The number of nitrogens with zero attached hydrogens (tertiary/aromatic N) is 1. The van der Waals surface area contributed by atoms with E-state index in [-0.39, 0.29) is 11.7 Å². The molecule has 0 saturated carbocycles. The van der Waals surface area contributed by atoms with Crippen LogP contribution in [0, 0.1) is 0 Å². The van der Waals surface area contributed by atoms with Gasteiger partial charge in [-0.3, -0.25) is 9.89 Å². The Morgan fingerprint density at radius 2 is 1.91 bits per heavy atom. The first-order valence-electron chi connectivity index (χ1n) is 10.7. The number of rotatable bonds is 12. The molecule has 33 heavy (non-hydrogen) atoms. The van der Waals surface area contributed by atoms with Crippen LogP contribution in [0.15, 0.2) is 42.6 Å². The van der Waals surface area contributed by atoms with Crippen molar-refractivity contribution >= 4 is 11.6 Å². The van der Waals surface area contributed by atoms with Gasteiger partial charge in [-0.2, -0.15) is 5.10 Å². The van der Waals surface area contributed by atoms with Crippen LogP contribution in [-0.2, 0) is 11.2 Å². The van der Waals surface area contributed by atoms with Crippen LogP contribution >= 0.6 is 0 Å². The minimum Gasteiger partial charge on any atom is -0.504 e. The molecule has 0 bridgehead atoms. The number of aromatic hydroxyl groups is 1. The lowest BCUT2D eigenvalue weighted by molar-refractivity contribution is -0.114. The van der Waals surface area contributed by atoms with Gasteiger partial charge in [0.25, 0.3) is 0 Å². The summed E-state index contributed by atoms with van der Waals surface area (Å²) in [4.78, 5) is 11.4. The summed E-state index contributed by atoms with van der Waals surface area (Å²) in [5, 5.41) is 23.4. The average Bonchev–Trinajstić information content (AvgIpc) is 3.34. The molecule has 4 N–H and O–H groups in total. The second-order valence-electron chi connectivity index (χ2n) is 7.37. The molecule has 2 aromatic carbocycles. The molecule has 0 saturated heterocycles. The number of aromatic nitrogens is 2. The summed E-state index contributed by atoms with van der Waals surface area (Å²) in [7, 11) is 3.04. The molecule has 0 aliphatic rings. The fourth-order valence-corrected chi connectivity index (χ4v) is 3.43. The van der Waals surface area contributed by atoms with Crippen molar-refractivity contribution in [1.82, 2.24) is 15.5 Å². The lowest BCUT2D eigenvalue weighted by Gasteiger charge is -2.14. The Balaban J connectivity index is 1.47. The Morgan fingerprint density at radius 3 is 2.61 bits per heavy atom. The topological polar surface area (TPSA) is 118 Å². The van der Waals surface area contributed by atoms with E-state index >= 15 is 0 Å². The third-order valence-corrected chi connectivity index (χ3v) is 5.02. The van der Waals surface area contributed by atoms with Gasteiger partial charge in [-0.15, -0.1) is 0 Å². The molecule has 0 unspecified atom stereocenters. The van der Waals surface area contributed by atoms with Crippen LogP contribution < -0.4 is 24.8 Å². The number of carbonyl (C=O) groups excluding carboxylic acids is 1. The molecule has 176 valence electrons. The highest BCUT2D eigenvalue weighted by Crippen LogP contribution is 2.39. The number of phenolic OH excluding ortho intramolecular Hbond substituents is 1. The van der Waals surface area contributed by atoms with E-state index in [2.05, 4.69) is 20.8 Å². The van der Waals surface area contributed by atoms with Gasteiger partial charge in [0.1, 0.15) is 5.75 Å². The maximum atomic E-state index is 11.4. The highest BCUT2D eigenvalue weighted by molar-refractivity contribution is 5.90. The number of H-pyrrole nitrogens is 1. The Hall–Kier alpha value is -3.72. The van der Waals surface area contributed by atoms with Crippen LogP contribution in [-0.4, -0.2) is 55.1 Å². The smallest absolute Gasteiger partial charge is 0.221 e. The van der Waals surface area contributed by atoms with E-state index in [1.54, 1.807) is 12.3 Å². The molecular formula is C24H30N4O5. The third-order valence-electron chi connectivity index (χ3n) is 5.02. The summed E-state index contributed by atoms with van der Waals surface area (Å²) in [5.74, 6) is 1.54. The van der Waals surface area contributed by atoms with Crippen molar-refractivity contribution in [3.05, 3.63) is 48.2 Å². The molecule has 3 rings (SSSR count). The summed E-state index contributed by atoms with van der Waals surface area (Å²) >= 11 is 0. The molecule has 0 fully saturated rings. The van der Waals surface area contributed by atoms with Crippen LogP contribution in [0.2, 0.25) is 0 Å². The summed E-state index contributed by atoms with van der Waals surface area (Å²) < 4.78 is 16.4. The fourth-order valence-electron chi connectivity index (χ4n) is 3.43. The van der Waals surface area contributed by atoms with Crippen LogP contribution in [0.25, 0.3) is 11.3 Å². The van der Waals surface area contributed by atoms with Crippen molar-refractivity contribution in [2.45, 2.75) is 19.8 Å². The number of anilines is 1. The summed E-state index contributed by atoms with van der Waals surface area (Å²) in [6, 6.07) is 11.0. The van der Waals surface area contributed by atoms with Gasteiger partial charge >= 0.3 is 0 Å². The van der Waals surface area contributed by atoms with Gasteiger partial charge in [0.2, 0.25) is 11.7 Å². The minimum atomic E-state index is -0.133. The number of amides is 1. The molecule has 0 aliphatic carbocycles. The van der Waals surface area contributed by atoms with Crippen molar-refractivity contribution < 1.29 is 24.1 Å². The molecule has 0 spiro atoms. The van der Waals surface area contributed by atoms with E-state index < -0.39 is 0 Å². The van der Waals surface area contributed by atoms with Crippen molar-refractivity contribution in [3.63, 3.8) is 0 Å². The lowest BCUT2D eigenvalue weighted by atomic mass is 10.1. The van der Waals surface area contributed by atoms with Crippen molar-refractivity contribution in [2.75, 3.05) is 39.2 Å². The standard InChI is InChI=1S/C24H30N4O5/c1-16(29)27-18-6-8-21(19(15-18)20-10-13-26-28-20)33-14-4-11-25-12-9-17-5-7-22(31-2)24(32-3)23(17)30/h5-8,10,13,15,25,30H,4,9,11-12,14H2,1-3H3,(H,26,28)(H,27,29). The monoisotopic (exact) mass is 454 g/mol. The number of ether oxygens (including phenoxy) is 3. The Labute approximate surface area is 193 Å². The summed E-state index contributed by atoms with van der Waals surface area (Å²) in [5.41, 5.74) is 3.13. The number of aromatic amines is 1. The highest BCUT2D eigenvalue weighted by Gasteiger charge is 2.14. The summed E-state index contributed by atoms with van der Waals surface area (Å²) in [6.45, 7) is 3.46. The second-order valence-corrected chi connectivity index (χ2v) is 7.37. The molecule has 9 nitrogen and oxygen atoms in total. The maximum Gasteiger partial charge on any atom is 0.221 e. The first-order valence-corrected chi connectivity index (χ1v) is 10.7. The van der Waals surface area contributed by atoms with E-state index in [1.165, 1.54) is 21.1 Å². The van der Waals surface area contributed by atoms with Gasteiger partial charge in [0.15, 0.2) is 11.5 Å². The SMILES string of the molecule is COc1ccc(CCNCCCOc2ccc(NC(C)=O)cc2-c2ccn[nH]2)c(O)c1OC. The van der Waals surface area contributed by atoms with Gasteiger partial charge in [-0.25, -0.2) is 0 Å². The van der Waals surface area contributed by atoms with E-state index in [9.17, 15) is 9.90 Å². The lowest BCUT2D eigenvalue weighted by Crippen LogP contribution is -2.20. The first-order chi connectivity index (χ1) is 16.0. The van der Waals surface area contributed by atoms with Gasteiger partial charge in [-0.05, 0) is 61.8 Å². The third kappa shape index (κ3) is 6.39. The maximum absolute atomic E-state index is 11.4. The highest BCUT2D eigenvalue weighted by atomic mass is 16.5. The molecule has 1 aromatic heterocycles.